The SMILES string of the molecule is CCCC1C/C=C/CC/C(C)=C/C(=N/OCC(=O)N2CCCCC2)Cc2c(Cl)c(C)cc(C)c2C(=O)O1. The number of likely N-dealkylation sites (tertiary alicyclic amines) is 1. The average molecular weight is 529 g/mol. The number of carbonyl (C=O) groups is 2. The molecule has 6 nitrogen and oxygen atoms in total. The van der Waals surface area contributed by atoms with Gasteiger partial charge in [-0.1, -0.05) is 53.9 Å². The Morgan fingerprint density at radius 3 is 2.65 bits per heavy atom. The summed E-state index contributed by atoms with van der Waals surface area (Å²) >= 11 is 6.79. The van der Waals surface area contributed by atoms with Crippen LogP contribution in [0.4, 0.5) is 0 Å². The third kappa shape index (κ3) is 8.46. The minimum absolute atomic E-state index is 0.0496. The third-order valence-electron chi connectivity index (χ3n) is 6.95. The molecule has 0 aliphatic carbocycles. The van der Waals surface area contributed by atoms with E-state index in [1.807, 2.05) is 30.9 Å². The molecule has 7 heteroatoms. The van der Waals surface area contributed by atoms with E-state index in [4.69, 9.17) is 21.2 Å². The number of rotatable bonds is 5. The van der Waals surface area contributed by atoms with Gasteiger partial charge in [0.2, 0.25) is 0 Å². The van der Waals surface area contributed by atoms with Crippen molar-refractivity contribution in [2.24, 2.45) is 5.16 Å². The Balaban J connectivity index is 1.95. The summed E-state index contributed by atoms with van der Waals surface area (Å²) in [6.45, 7) is 9.44. The number of halogens is 1. The summed E-state index contributed by atoms with van der Waals surface area (Å²) in [5.74, 6) is -0.411. The first-order valence-electron chi connectivity index (χ1n) is 13.6. The highest BCUT2D eigenvalue weighted by Gasteiger charge is 2.24. The van der Waals surface area contributed by atoms with Gasteiger partial charge in [0.1, 0.15) is 6.10 Å². The maximum absolute atomic E-state index is 13.5. The predicted molar refractivity (Wildman–Crippen MR) is 149 cm³/mol. The number of ether oxygens (including phenoxy) is 1. The highest BCUT2D eigenvalue weighted by atomic mass is 35.5. The molecule has 0 spiro atoms. The summed E-state index contributed by atoms with van der Waals surface area (Å²) < 4.78 is 5.99. The van der Waals surface area contributed by atoms with E-state index in [2.05, 4.69) is 31.2 Å². The van der Waals surface area contributed by atoms with Crippen LogP contribution in [-0.4, -0.2) is 48.3 Å². The highest BCUT2D eigenvalue weighted by Crippen LogP contribution is 2.30. The molecule has 2 heterocycles. The Hall–Kier alpha value is -2.60. The normalized spacial score (nSPS) is 22.9. The number of nitrogens with zero attached hydrogens (tertiary/aromatic N) is 2. The maximum Gasteiger partial charge on any atom is 0.339 e. The molecule has 2 aliphatic heterocycles. The van der Waals surface area contributed by atoms with Gasteiger partial charge in [-0.15, -0.1) is 0 Å². The zero-order valence-corrected chi connectivity index (χ0v) is 23.5. The Bertz CT molecular complexity index is 1050. The standard InChI is InChI=1S/C30H41ClN2O4/c1-5-12-25-14-9-6-8-13-21(2)17-24(32-36-20-27(34)33-15-10-7-11-16-33)19-26-28(30(35)37-25)22(3)18-23(4)29(26)31/h6,9,17-18,25H,5,7-8,10-16,19-20H2,1-4H3/b9-6+,21-17+,32-24-. The van der Waals surface area contributed by atoms with Crippen molar-refractivity contribution in [1.82, 2.24) is 4.90 Å². The predicted octanol–water partition coefficient (Wildman–Crippen LogP) is 6.90. The first-order valence-corrected chi connectivity index (χ1v) is 14.0. The molecular weight excluding hydrogens is 488 g/mol. The van der Waals surface area contributed by atoms with E-state index in [0.717, 1.165) is 74.7 Å². The zero-order chi connectivity index (χ0) is 26.8. The molecule has 0 bridgehead atoms. The number of cyclic esters (lactones) is 1. The molecule has 37 heavy (non-hydrogen) atoms. The Morgan fingerprint density at radius 2 is 1.92 bits per heavy atom. The lowest BCUT2D eigenvalue weighted by molar-refractivity contribution is -0.137. The second-order valence-electron chi connectivity index (χ2n) is 10.2. The van der Waals surface area contributed by atoms with Crippen LogP contribution < -0.4 is 0 Å². The average Bonchev–Trinajstić information content (AvgIpc) is 2.86. The number of fused-ring (bicyclic) bond motifs is 1. The number of benzene rings is 1. The summed E-state index contributed by atoms with van der Waals surface area (Å²) in [7, 11) is 0. The number of aryl methyl sites for hydroxylation is 2. The van der Waals surface area contributed by atoms with E-state index in [0.29, 0.717) is 34.7 Å². The fraction of sp³-hybridized carbons (Fsp3) is 0.567. The van der Waals surface area contributed by atoms with Gasteiger partial charge in [-0.25, -0.2) is 4.79 Å². The van der Waals surface area contributed by atoms with Gasteiger partial charge in [0, 0.05) is 31.0 Å². The quantitative estimate of drug-likeness (QED) is 0.237. The summed E-state index contributed by atoms with van der Waals surface area (Å²) in [5.41, 5.74) is 4.64. The first-order chi connectivity index (χ1) is 17.8. The number of hydrogen-bond acceptors (Lipinski definition) is 5. The molecule has 1 aromatic rings. The smallest absolute Gasteiger partial charge is 0.339 e. The van der Waals surface area contributed by atoms with Crippen LogP contribution in [0.5, 0.6) is 0 Å². The molecule has 3 rings (SSSR count). The number of amides is 1. The summed E-state index contributed by atoms with van der Waals surface area (Å²) in [6, 6.07) is 1.92. The highest BCUT2D eigenvalue weighted by molar-refractivity contribution is 6.33. The van der Waals surface area contributed by atoms with Gasteiger partial charge in [0.25, 0.3) is 5.91 Å². The number of piperidine rings is 1. The van der Waals surface area contributed by atoms with Crippen molar-refractivity contribution in [3.8, 4) is 0 Å². The fourth-order valence-electron chi connectivity index (χ4n) is 4.98. The molecule has 202 valence electrons. The number of allylic oxidation sites excluding steroid dienone is 3. The molecule has 1 saturated heterocycles. The Morgan fingerprint density at radius 1 is 1.16 bits per heavy atom. The molecule has 1 unspecified atom stereocenters. The van der Waals surface area contributed by atoms with Crippen LogP contribution in [0.25, 0.3) is 0 Å². The molecule has 0 aromatic heterocycles. The van der Waals surface area contributed by atoms with E-state index >= 15 is 0 Å². The van der Waals surface area contributed by atoms with Crippen molar-refractivity contribution in [3.63, 3.8) is 0 Å². The van der Waals surface area contributed by atoms with E-state index in [1.165, 1.54) is 0 Å². The second kappa shape index (κ2) is 14.4. The fourth-order valence-corrected chi connectivity index (χ4v) is 5.20. The Kier molecular flexibility index (Phi) is 11.2. The molecule has 1 fully saturated rings. The third-order valence-corrected chi connectivity index (χ3v) is 7.48. The lowest BCUT2D eigenvalue weighted by Gasteiger charge is -2.26. The maximum atomic E-state index is 13.5. The summed E-state index contributed by atoms with van der Waals surface area (Å²) in [6.07, 6.45) is 13.7. The van der Waals surface area contributed by atoms with E-state index in [1.54, 1.807) is 0 Å². The molecule has 0 radical (unpaired) electrons. The minimum Gasteiger partial charge on any atom is -0.458 e. The van der Waals surface area contributed by atoms with Crippen molar-refractivity contribution < 1.29 is 19.2 Å². The van der Waals surface area contributed by atoms with Crippen LogP contribution >= 0.6 is 11.6 Å². The van der Waals surface area contributed by atoms with Crippen molar-refractivity contribution in [3.05, 3.63) is 57.1 Å². The lowest BCUT2D eigenvalue weighted by Crippen LogP contribution is -2.37. The molecule has 1 aromatic carbocycles. The second-order valence-corrected chi connectivity index (χ2v) is 10.6. The lowest BCUT2D eigenvalue weighted by atomic mass is 9.94. The van der Waals surface area contributed by atoms with Crippen LogP contribution in [0, 0.1) is 13.8 Å². The van der Waals surface area contributed by atoms with Gasteiger partial charge in [0.15, 0.2) is 6.61 Å². The molecule has 1 atom stereocenters. The number of esters is 1. The molecule has 0 N–H and O–H groups in total. The molecule has 1 amide bonds. The largest absolute Gasteiger partial charge is 0.458 e. The molecule has 2 aliphatic rings. The summed E-state index contributed by atoms with van der Waals surface area (Å²) in [5, 5.41) is 4.90. The van der Waals surface area contributed by atoms with Crippen LogP contribution in [0.3, 0.4) is 0 Å². The topological polar surface area (TPSA) is 68.2 Å². The van der Waals surface area contributed by atoms with Crippen molar-refractivity contribution in [2.75, 3.05) is 19.7 Å². The van der Waals surface area contributed by atoms with Crippen LogP contribution in [0.15, 0.2) is 35.0 Å². The van der Waals surface area contributed by atoms with E-state index < -0.39 is 0 Å². The first kappa shape index (κ1) is 29.0. The van der Waals surface area contributed by atoms with Gasteiger partial charge in [-0.3, -0.25) is 4.79 Å². The van der Waals surface area contributed by atoms with Crippen molar-refractivity contribution >= 4 is 29.2 Å². The number of carbonyl (C=O) groups excluding carboxylic acids is 2. The monoisotopic (exact) mass is 528 g/mol. The van der Waals surface area contributed by atoms with Crippen LogP contribution in [0.2, 0.25) is 5.02 Å². The van der Waals surface area contributed by atoms with Crippen molar-refractivity contribution in [1.29, 1.82) is 0 Å². The minimum atomic E-state index is -0.362. The Labute approximate surface area is 226 Å². The van der Waals surface area contributed by atoms with Gasteiger partial charge >= 0.3 is 5.97 Å². The zero-order valence-electron chi connectivity index (χ0n) is 22.8. The van der Waals surface area contributed by atoms with Crippen molar-refractivity contribution in [2.45, 2.75) is 91.6 Å². The molecule has 0 saturated carbocycles. The van der Waals surface area contributed by atoms with E-state index in [-0.39, 0.29) is 24.6 Å². The van der Waals surface area contributed by atoms with Crippen LogP contribution in [-0.2, 0) is 20.8 Å². The molecular formula is C30H41ClN2O4. The number of hydrogen-bond donors (Lipinski definition) is 0. The van der Waals surface area contributed by atoms with E-state index in [9.17, 15) is 9.59 Å². The van der Waals surface area contributed by atoms with Gasteiger partial charge in [-0.05, 0) is 82.1 Å². The van der Waals surface area contributed by atoms with Gasteiger partial charge < -0.3 is 14.5 Å². The summed E-state index contributed by atoms with van der Waals surface area (Å²) in [4.78, 5) is 33.4. The van der Waals surface area contributed by atoms with Gasteiger partial charge in [-0.2, -0.15) is 0 Å². The van der Waals surface area contributed by atoms with Gasteiger partial charge in [0.05, 0.1) is 11.3 Å². The number of oxime groups is 1. The van der Waals surface area contributed by atoms with Crippen LogP contribution in [0.1, 0.15) is 92.3 Å².